The zero-order valence-electron chi connectivity index (χ0n) is 9.79. The first-order valence-electron chi connectivity index (χ1n) is 5.61. The Morgan fingerprint density at radius 1 is 1.56 bits per heavy atom. The molecule has 0 spiro atoms. The quantitative estimate of drug-likeness (QED) is 0.871. The Morgan fingerprint density at radius 3 is 2.83 bits per heavy atom. The van der Waals surface area contributed by atoms with Gasteiger partial charge in [0.25, 0.3) is 10.0 Å². The van der Waals surface area contributed by atoms with Crippen LogP contribution < -0.4 is 4.72 Å². The van der Waals surface area contributed by atoms with Crippen LogP contribution in [0.1, 0.15) is 36.7 Å². The summed E-state index contributed by atoms with van der Waals surface area (Å²) in [6, 6.07) is -0.112. The molecular weight excluding hydrogens is 276 g/mol. The Balaban J connectivity index is 2.25. The fourth-order valence-electron chi connectivity index (χ4n) is 2.14. The normalized spacial score (nSPS) is 24.3. The highest BCUT2D eigenvalue weighted by Crippen LogP contribution is 2.28. The van der Waals surface area contributed by atoms with E-state index in [-0.39, 0.29) is 16.2 Å². The van der Waals surface area contributed by atoms with Gasteiger partial charge >= 0.3 is 5.97 Å². The average molecular weight is 290 g/mol. The van der Waals surface area contributed by atoms with Gasteiger partial charge in [0, 0.05) is 6.04 Å². The molecule has 1 saturated carbocycles. The Hall–Kier alpha value is -0.990. The van der Waals surface area contributed by atoms with Crippen LogP contribution in [0, 0.1) is 5.92 Å². The monoisotopic (exact) mass is 290 g/mol. The highest BCUT2D eigenvalue weighted by molar-refractivity contribution is 7.91. The van der Waals surface area contributed by atoms with E-state index in [4.69, 9.17) is 5.11 Å². The summed E-state index contributed by atoms with van der Waals surface area (Å²) in [6.45, 7) is 1.99. The minimum atomic E-state index is -3.78. The van der Waals surface area contributed by atoms with Crippen molar-refractivity contribution in [2.45, 2.75) is 36.4 Å². The number of rotatable bonds is 4. The first-order valence-corrected chi connectivity index (χ1v) is 7.97. The fourth-order valence-corrected chi connectivity index (χ4v) is 4.68. The van der Waals surface area contributed by atoms with E-state index in [0.29, 0.717) is 0 Å². The number of aromatic carboxylic acids is 1. The molecule has 0 amide bonds. The Bertz CT molecular complexity index is 552. The zero-order valence-corrected chi connectivity index (χ0v) is 11.4. The van der Waals surface area contributed by atoms with Crippen molar-refractivity contribution >= 4 is 27.3 Å². The molecular formula is C10H14N2O4S2. The smallest absolute Gasteiger partial charge is 0.356 e. The Morgan fingerprint density at radius 2 is 2.28 bits per heavy atom. The van der Waals surface area contributed by atoms with Crippen molar-refractivity contribution in [1.82, 2.24) is 9.71 Å². The minimum absolute atomic E-state index is 0.112. The van der Waals surface area contributed by atoms with Crippen LogP contribution in [-0.2, 0) is 10.0 Å². The van der Waals surface area contributed by atoms with E-state index in [1.165, 1.54) is 5.51 Å². The first-order chi connectivity index (χ1) is 8.42. The van der Waals surface area contributed by atoms with Gasteiger partial charge in [-0.15, -0.1) is 11.3 Å². The van der Waals surface area contributed by atoms with E-state index in [1.807, 2.05) is 6.92 Å². The molecule has 2 rings (SSSR count). The van der Waals surface area contributed by atoms with Crippen molar-refractivity contribution in [2.75, 3.05) is 0 Å². The lowest BCUT2D eigenvalue weighted by atomic mass is 10.1. The third-order valence-corrected chi connectivity index (χ3v) is 6.01. The second-order valence-corrected chi connectivity index (χ2v) is 7.19. The molecule has 2 atom stereocenters. The summed E-state index contributed by atoms with van der Waals surface area (Å²) in [6.07, 6.45) is 2.77. The van der Waals surface area contributed by atoms with Gasteiger partial charge in [-0.25, -0.2) is 22.9 Å². The van der Waals surface area contributed by atoms with E-state index < -0.39 is 21.7 Å². The van der Waals surface area contributed by atoms with Gasteiger partial charge in [0.15, 0.2) is 9.90 Å². The number of hydrogen-bond acceptors (Lipinski definition) is 5. The Labute approximate surface area is 109 Å². The molecule has 18 heavy (non-hydrogen) atoms. The molecule has 1 aromatic rings. The largest absolute Gasteiger partial charge is 0.476 e. The number of aromatic nitrogens is 1. The van der Waals surface area contributed by atoms with Crippen molar-refractivity contribution in [3.63, 3.8) is 0 Å². The fraction of sp³-hybridized carbons (Fsp3) is 0.600. The predicted octanol–water partition coefficient (Wildman–Crippen LogP) is 1.31. The van der Waals surface area contributed by atoms with Crippen LogP contribution in [0.15, 0.2) is 9.72 Å². The maximum Gasteiger partial charge on any atom is 0.356 e. The van der Waals surface area contributed by atoms with Crippen LogP contribution in [0.3, 0.4) is 0 Å². The summed E-state index contributed by atoms with van der Waals surface area (Å²) in [4.78, 5) is 14.5. The van der Waals surface area contributed by atoms with E-state index in [0.717, 1.165) is 30.6 Å². The van der Waals surface area contributed by atoms with Crippen molar-refractivity contribution in [3.8, 4) is 0 Å². The van der Waals surface area contributed by atoms with Crippen LogP contribution in [0.2, 0.25) is 0 Å². The van der Waals surface area contributed by atoms with E-state index in [2.05, 4.69) is 9.71 Å². The third kappa shape index (κ3) is 2.55. The van der Waals surface area contributed by atoms with Crippen LogP contribution in [0.5, 0.6) is 0 Å². The van der Waals surface area contributed by atoms with Gasteiger partial charge in [0.1, 0.15) is 0 Å². The number of thiazole rings is 1. The second-order valence-electron chi connectivity index (χ2n) is 4.43. The number of carbonyl (C=O) groups is 1. The zero-order chi connectivity index (χ0) is 13.3. The second kappa shape index (κ2) is 4.94. The molecule has 2 unspecified atom stereocenters. The topological polar surface area (TPSA) is 96.4 Å². The molecule has 100 valence electrons. The molecule has 2 N–H and O–H groups in total. The number of hydrogen-bond donors (Lipinski definition) is 2. The molecule has 6 nitrogen and oxygen atoms in total. The molecule has 1 aliphatic carbocycles. The SMILES string of the molecule is CC1CCCC1NS(=O)(=O)c1scnc1C(=O)O. The standard InChI is InChI=1S/C10H14N2O4S2/c1-6-3-2-4-7(6)12-18(15,16)10-8(9(13)14)11-5-17-10/h5-7,12H,2-4H2,1H3,(H,13,14). The summed E-state index contributed by atoms with van der Waals surface area (Å²) in [7, 11) is -3.78. The van der Waals surface area contributed by atoms with Crippen LogP contribution in [-0.4, -0.2) is 30.5 Å². The van der Waals surface area contributed by atoms with E-state index >= 15 is 0 Å². The van der Waals surface area contributed by atoms with E-state index in [9.17, 15) is 13.2 Å². The number of carboxylic acid groups (broad SMARTS) is 1. The van der Waals surface area contributed by atoms with E-state index in [1.54, 1.807) is 0 Å². The molecule has 0 saturated heterocycles. The van der Waals surface area contributed by atoms with Gasteiger partial charge in [-0.05, 0) is 18.8 Å². The number of sulfonamides is 1. The molecule has 8 heteroatoms. The van der Waals surface area contributed by atoms with Gasteiger partial charge in [-0.1, -0.05) is 13.3 Å². The molecule has 1 heterocycles. The van der Waals surface area contributed by atoms with Crippen molar-refractivity contribution in [3.05, 3.63) is 11.2 Å². The summed E-state index contributed by atoms with van der Waals surface area (Å²) >= 11 is 0.827. The lowest BCUT2D eigenvalue weighted by molar-refractivity contribution is 0.0687. The lowest BCUT2D eigenvalue weighted by Crippen LogP contribution is -2.36. The van der Waals surface area contributed by atoms with Gasteiger partial charge in [-0.3, -0.25) is 0 Å². The molecule has 1 aliphatic rings. The lowest BCUT2D eigenvalue weighted by Gasteiger charge is -2.16. The molecule has 1 fully saturated rings. The highest BCUT2D eigenvalue weighted by Gasteiger charge is 2.32. The minimum Gasteiger partial charge on any atom is -0.476 e. The average Bonchev–Trinajstić information content (AvgIpc) is 2.88. The predicted molar refractivity (Wildman–Crippen MR) is 66.2 cm³/mol. The maximum atomic E-state index is 12.1. The highest BCUT2D eigenvalue weighted by atomic mass is 32.2. The van der Waals surface area contributed by atoms with Crippen molar-refractivity contribution < 1.29 is 18.3 Å². The number of nitrogens with one attached hydrogen (secondary N) is 1. The summed E-state index contributed by atoms with van der Waals surface area (Å²) < 4.78 is 26.6. The maximum absolute atomic E-state index is 12.1. The van der Waals surface area contributed by atoms with Crippen LogP contribution in [0.25, 0.3) is 0 Å². The molecule has 0 radical (unpaired) electrons. The first kappa shape index (κ1) is 13.4. The molecule has 0 aliphatic heterocycles. The summed E-state index contributed by atoms with van der Waals surface area (Å²) in [5.74, 6) is -1.04. The number of nitrogens with zero attached hydrogens (tertiary/aromatic N) is 1. The third-order valence-electron chi connectivity index (χ3n) is 3.15. The van der Waals surface area contributed by atoms with Crippen molar-refractivity contribution in [2.24, 2.45) is 5.92 Å². The van der Waals surface area contributed by atoms with Crippen molar-refractivity contribution in [1.29, 1.82) is 0 Å². The van der Waals surface area contributed by atoms with Gasteiger partial charge < -0.3 is 5.11 Å². The van der Waals surface area contributed by atoms with Gasteiger partial charge in [0.2, 0.25) is 0 Å². The molecule has 0 aromatic carbocycles. The molecule has 0 bridgehead atoms. The van der Waals surface area contributed by atoms with Gasteiger partial charge in [0.05, 0.1) is 5.51 Å². The summed E-state index contributed by atoms with van der Waals surface area (Å²) in [5.41, 5.74) is 0.828. The molecule has 1 aromatic heterocycles. The number of carboxylic acids is 1. The van der Waals surface area contributed by atoms with Crippen LogP contribution >= 0.6 is 11.3 Å². The Kier molecular flexibility index (Phi) is 3.69. The van der Waals surface area contributed by atoms with Crippen LogP contribution in [0.4, 0.5) is 0 Å². The van der Waals surface area contributed by atoms with Gasteiger partial charge in [-0.2, -0.15) is 0 Å². The summed E-state index contributed by atoms with van der Waals surface area (Å²) in [5, 5.41) is 8.88.